The van der Waals surface area contributed by atoms with E-state index in [0.29, 0.717) is 16.8 Å². The van der Waals surface area contributed by atoms with Crippen LogP contribution in [-0.4, -0.2) is 37.9 Å². The van der Waals surface area contributed by atoms with Crippen molar-refractivity contribution < 1.29 is 23.1 Å². The van der Waals surface area contributed by atoms with Crippen molar-refractivity contribution in [2.45, 2.75) is 19.3 Å². The number of carbonyl (C=O) groups is 1. The fraction of sp³-hybridized carbons (Fsp3) is 0.233. The Labute approximate surface area is 225 Å². The summed E-state index contributed by atoms with van der Waals surface area (Å²) < 4.78 is 30.0. The Balaban J connectivity index is 1.66. The summed E-state index contributed by atoms with van der Waals surface area (Å²) in [7, 11) is 1.47. The summed E-state index contributed by atoms with van der Waals surface area (Å²) in [5.41, 5.74) is 3.46. The number of ether oxygens (including phenoxy) is 2. The summed E-state index contributed by atoms with van der Waals surface area (Å²) in [6.07, 6.45) is 4.86. The van der Waals surface area contributed by atoms with Gasteiger partial charge in [0, 0.05) is 43.1 Å². The van der Waals surface area contributed by atoms with E-state index >= 15 is 0 Å². The van der Waals surface area contributed by atoms with Crippen molar-refractivity contribution in [3.63, 3.8) is 0 Å². The Morgan fingerprint density at radius 1 is 1.10 bits per heavy atom. The quantitative estimate of drug-likeness (QED) is 0.271. The normalized spacial score (nSPS) is 13.1. The number of aromatic nitrogens is 1. The number of piperidine rings is 1. The van der Waals surface area contributed by atoms with Gasteiger partial charge in [-0.15, -0.1) is 0 Å². The highest BCUT2D eigenvalue weighted by Crippen LogP contribution is 2.37. The number of rotatable bonds is 8. The number of hydrogen-bond donors (Lipinski definition) is 1. The molecular weight excluding hydrogens is 499 g/mol. The summed E-state index contributed by atoms with van der Waals surface area (Å²) in [5, 5.41) is 12.9. The van der Waals surface area contributed by atoms with Crippen molar-refractivity contribution in [3.8, 4) is 34.2 Å². The van der Waals surface area contributed by atoms with Gasteiger partial charge in [0.15, 0.2) is 18.4 Å². The van der Waals surface area contributed by atoms with Crippen molar-refractivity contribution in [1.29, 1.82) is 5.26 Å². The van der Waals surface area contributed by atoms with Gasteiger partial charge >= 0.3 is 0 Å². The van der Waals surface area contributed by atoms with Crippen LogP contribution < -0.4 is 15.0 Å². The zero-order chi connectivity index (χ0) is 27.2. The average molecular weight is 527 g/mol. The Hall–Kier alpha value is -4.68. The molecule has 1 amide bonds. The Kier molecular flexibility index (Phi) is 7.85. The zero-order valence-electron chi connectivity index (χ0n) is 21.4. The standard InChI is InChI=1S/C30H27FN4O4/c1-37-19-39-28-16-21(31)10-11-23(28)26-17-24(20-7-5-8-22(15-20)35-12-3-2-4-13-35)25(18-32)29(33-26)34-30(36)27-9-6-14-38-27/h5-11,14-17H,2-4,12-13,19H2,1H3,(H,33,34,36). The van der Waals surface area contributed by atoms with Crippen LogP contribution in [0.2, 0.25) is 0 Å². The van der Waals surface area contributed by atoms with Gasteiger partial charge in [-0.3, -0.25) is 4.79 Å². The van der Waals surface area contributed by atoms with E-state index in [9.17, 15) is 14.4 Å². The number of nitriles is 1. The first-order chi connectivity index (χ1) is 19.1. The molecule has 5 rings (SSSR count). The Morgan fingerprint density at radius 3 is 2.69 bits per heavy atom. The summed E-state index contributed by atoms with van der Waals surface area (Å²) >= 11 is 0. The third-order valence-electron chi connectivity index (χ3n) is 6.54. The molecule has 1 saturated heterocycles. The number of benzene rings is 2. The Morgan fingerprint density at radius 2 is 1.95 bits per heavy atom. The van der Waals surface area contributed by atoms with E-state index in [2.05, 4.69) is 27.3 Å². The molecular formula is C30H27FN4O4. The van der Waals surface area contributed by atoms with Crippen molar-refractivity contribution >= 4 is 17.4 Å². The third kappa shape index (κ3) is 5.76. The van der Waals surface area contributed by atoms with Gasteiger partial charge in [-0.25, -0.2) is 9.37 Å². The molecule has 2 aromatic heterocycles. The predicted octanol–water partition coefficient (Wildman–Crippen LogP) is 6.24. The molecule has 0 aliphatic carbocycles. The number of nitrogens with zero attached hydrogens (tertiary/aromatic N) is 3. The van der Waals surface area contributed by atoms with Gasteiger partial charge in [-0.1, -0.05) is 12.1 Å². The van der Waals surface area contributed by atoms with Crippen molar-refractivity contribution in [2.24, 2.45) is 0 Å². The summed E-state index contributed by atoms with van der Waals surface area (Å²) in [5.74, 6) is -0.698. The number of halogens is 1. The molecule has 198 valence electrons. The molecule has 0 radical (unpaired) electrons. The molecule has 0 atom stereocenters. The fourth-order valence-corrected chi connectivity index (χ4v) is 4.66. The number of anilines is 2. The summed E-state index contributed by atoms with van der Waals surface area (Å²) in [6.45, 7) is 1.84. The van der Waals surface area contributed by atoms with Crippen LogP contribution in [-0.2, 0) is 4.74 Å². The number of hydrogen-bond acceptors (Lipinski definition) is 7. The first kappa shape index (κ1) is 25.9. The molecule has 8 nitrogen and oxygen atoms in total. The largest absolute Gasteiger partial charge is 0.467 e. The van der Waals surface area contributed by atoms with Crippen LogP contribution in [0.15, 0.2) is 71.3 Å². The first-order valence-electron chi connectivity index (χ1n) is 12.6. The number of nitrogens with one attached hydrogen (secondary N) is 1. The monoisotopic (exact) mass is 526 g/mol. The zero-order valence-corrected chi connectivity index (χ0v) is 21.4. The SMILES string of the molecule is COCOc1cc(F)ccc1-c1cc(-c2cccc(N3CCCCC3)c2)c(C#N)c(NC(=O)c2ccco2)n1. The third-order valence-corrected chi connectivity index (χ3v) is 6.54. The fourth-order valence-electron chi connectivity index (χ4n) is 4.66. The second-order valence-corrected chi connectivity index (χ2v) is 9.11. The highest BCUT2D eigenvalue weighted by atomic mass is 19.1. The molecule has 2 aromatic carbocycles. The first-order valence-corrected chi connectivity index (χ1v) is 12.6. The van der Waals surface area contributed by atoms with Crippen LogP contribution >= 0.6 is 0 Å². The van der Waals surface area contributed by atoms with Gasteiger partial charge in [0.2, 0.25) is 0 Å². The minimum absolute atomic E-state index is 0.0526. The molecule has 39 heavy (non-hydrogen) atoms. The maximum atomic E-state index is 14.1. The van der Waals surface area contributed by atoms with Crippen LogP contribution in [0.25, 0.3) is 22.4 Å². The van der Waals surface area contributed by atoms with E-state index in [0.717, 1.165) is 37.2 Å². The van der Waals surface area contributed by atoms with E-state index in [1.165, 1.54) is 38.0 Å². The summed E-state index contributed by atoms with van der Waals surface area (Å²) in [4.78, 5) is 19.8. The minimum Gasteiger partial charge on any atom is -0.467 e. The molecule has 1 aliphatic heterocycles. The molecule has 0 spiro atoms. The predicted molar refractivity (Wildman–Crippen MR) is 145 cm³/mol. The molecule has 1 fully saturated rings. The number of furan rings is 1. The number of amides is 1. The second kappa shape index (κ2) is 11.8. The van der Waals surface area contributed by atoms with Crippen LogP contribution in [0.4, 0.5) is 15.9 Å². The van der Waals surface area contributed by atoms with Crippen molar-refractivity contribution in [1.82, 2.24) is 4.98 Å². The molecule has 4 aromatic rings. The summed E-state index contributed by atoms with van der Waals surface area (Å²) in [6, 6.07) is 19.1. The van der Waals surface area contributed by atoms with E-state index in [-0.39, 0.29) is 29.7 Å². The molecule has 9 heteroatoms. The maximum absolute atomic E-state index is 14.1. The van der Waals surface area contributed by atoms with Gasteiger partial charge in [-0.2, -0.15) is 5.26 Å². The molecule has 1 N–H and O–H groups in total. The molecule has 0 unspecified atom stereocenters. The molecule has 0 bridgehead atoms. The van der Waals surface area contributed by atoms with Crippen LogP contribution in [0.3, 0.4) is 0 Å². The van der Waals surface area contributed by atoms with Gasteiger partial charge < -0.3 is 24.1 Å². The highest BCUT2D eigenvalue weighted by molar-refractivity contribution is 6.03. The highest BCUT2D eigenvalue weighted by Gasteiger charge is 2.21. The van der Waals surface area contributed by atoms with E-state index in [1.54, 1.807) is 18.2 Å². The topological polar surface area (TPSA) is 101 Å². The molecule has 0 saturated carbocycles. The van der Waals surface area contributed by atoms with Crippen LogP contribution in [0.1, 0.15) is 35.4 Å². The van der Waals surface area contributed by atoms with E-state index in [4.69, 9.17) is 13.9 Å². The Bertz CT molecular complexity index is 1510. The molecule has 1 aliphatic rings. The minimum atomic E-state index is -0.552. The van der Waals surface area contributed by atoms with E-state index < -0.39 is 11.7 Å². The number of pyridine rings is 1. The lowest BCUT2D eigenvalue weighted by Gasteiger charge is -2.29. The molecule has 3 heterocycles. The smallest absolute Gasteiger partial charge is 0.292 e. The number of methoxy groups -OCH3 is 1. The van der Waals surface area contributed by atoms with Crippen LogP contribution in [0, 0.1) is 17.1 Å². The van der Waals surface area contributed by atoms with Crippen molar-refractivity contribution in [2.75, 3.05) is 37.2 Å². The van der Waals surface area contributed by atoms with Gasteiger partial charge in [0.05, 0.1) is 12.0 Å². The van der Waals surface area contributed by atoms with Crippen molar-refractivity contribution in [3.05, 3.63) is 84.1 Å². The van der Waals surface area contributed by atoms with Gasteiger partial charge in [0.25, 0.3) is 5.91 Å². The van der Waals surface area contributed by atoms with Crippen LogP contribution in [0.5, 0.6) is 5.75 Å². The lowest BCUT2D eigenvalue weighted by atomic mass is 9.97. The lowest BCUT2D eigenvalue weighted by molar-refractivity contribution is 0.0513. The van der Waals surface area contributed by atoms with E-state index in [1.807, 2.05) is 18.2 Å². The lowest BCUT2D eigenvalue weighted by Crippen LogP contribution is -2.29. The second-order valence-electron chi connectivity index (χ2n) is 9.11. The number of carbonyl (C=O) groups excluding carboxylic acids is 1. The van der Waals surface area contributed by atoms with Gasteiger partial charge in [-0.05, 0) is 67.3 Å². The average Bonchev–Trinajstić information content (AvgIpc) is 3.52. The van der Waals surface area contributed by atoms with Gasteiger partial charge in [0.1, 0.15) is 23.2 Å². The maximum Gasteiger partial charge on any atom is 0.292 e.